The van der Waals surface area contributed by atoms with Gasteiger partial charge in [-0.1, -0.05) is 0 Å². The van der Waals surface area contributed by atoms with E-state index in [4.69, 9.17) is 80.5 Å². The van der Waals surface area contributed by atoms with Gasteiger partial charge in [-0.05, 0) is 20.8 Å². The molecule has 0 spiro atoms. The Hall–Kier alpha value is -1.48. The first-order valence-electron chi connectivity index (χ1n) is 27.6. The van der Waals surface area contributed by atoms with E-state index >= 15 is 0 Å². The van der Waals surface area contributed by atoms with E-state index < -0.39 is 272 Å². The van der Waals surface area contributed by atoms with E-state index in [1.807, 2.05) is 0 Å². The third kappa shape index (κ3) is 13.3. The molecule has 0 aromatic heterocycles. The molecule has 85 heavy (non-hydrogen) atoms. The third-order valence-corrected chi connectivity index (χ3v) is 16.7. The molecule has 30 aliphatic heterocycles. The van der Waals surface area contributed by atoms with Crippen molar-refractivity contribution in [3.05, 3.63) is 0 Å². The zero-order valence-corrected chi connectivity index (χ0v) is 45.8. The van der Waals surface area contributed by atoms with Crippen molar-refractivity contribution < 1.29 is 183 Å². The molecule has 0 aromatic rings. The van der Waals surface area contributed by atoms with Crippen molar-refractivity contribution in [2.75, 3.05) is 33.5 Å². The number of ether oxygens (including phenoxy) is 17. The smallest absolute Gasteiger partial charge is 0.189 e. The van der Waals surface area contributed by atoms with Crippen molar-refractivity contribution in [2.45, 2.75) is 267 Å². The zero-order valence-electron chi connectivity index (χ0n) is 45.8. The molecule has 16 bridgehead atoms. The first kappa shape index (κ1) is 67.9. The van der Waals surface area contributed by atoms with E-state index in [1.165, 1.54) is 20.8 Å². The van der Waals surface area contributed by atoms with Gasteiger partial charge < -0.3 is 183 Å². The maximum atomic E-state index is 11.4. The number of hydrogen-bond donors (Lipinski definition) is 20. The van der Waals surface area contributed by atoms with Gasteiger partial charge in [-0.2, -0.15) is 0 Å². The van der Waals surface area contributed by atoms with Crippen LogP contribution in [0.25, 0.3) is 0 Å². The van der Waals surface area contributed by atoms with Crippen LogP contribution in [-0.4, -0.2) is 382 Å². The average molecular weight is 1250 g/mol. The fraction of sp³-hybridized carbons (Fsp3) is 1.00. The average Bonchev–Trinajstić information content (AvgIpc) is 2.72. The highest BCUT2D eigenvalue weighted by Gasteiger charge is 2.60. The summed E-state index contributed by atoms with van der Waals surface area (Å²) in [4.78, 5) is 0. The molecule has 0 radical (unpaired) electrons. The number of hydrogen-bond acceptors (Lipinski definition) is 37. The van der Waals surface area contributed by atoms with Crippen LogP contribution in [-0.2, 0) is 80.5 Å². The van der Waals surface area contributed by atoms with Gasteiger partial charge >= 0.3 is 0 Å². The van der Waals surface area contributed by atoms with Gasteiger partial charge in [0.15, 0.2) is 56.6 Å². The highest BCUT2D eigenvalue weighted by Crippen LogP contribution is 2.39. The molecule has 37 heteroatoms. The molecule has 37 nitrogen and oxygen atoms in total. The van der Waals surface area contributed by atoms with Crippen molar-refractivity contribution in [1.29, 1.82) is 0 Å². The van der Waals surface area contributed by atoms with Gasteiger partial charge in [-0.3, -0.25) is 0 Å². The molecule has 0 aromatic carbocycles. The molecule has 30 aliphatic rings. The fourth-order valence-corrected chi connectivity index (χ4v) is 11.7. The number of methoxy groups -OCH3 is 1. The van der Waals surface area contributed by atoms with E-state index in [0.717, 1.165) is 7.11 Å². The molecule has 494 valence electrons. The first-order valence-corrected chi connectivity index (χ1v) is 27.6. The van der Waals surface area contributed by atoms with Gasteiger partial charge in [0.25, 0.3) is 0 Å². The molecule has 30 rings (SSSR count). The lowest BCUT2D eigenvalue weighted by Gasteiger charge is -2.50. The van der Waals surface area contributed by atoms with Crippen LogP contribution in [0.15, 0.2) is 0 Å². The second-order valence-electron chi connectivity index (χ2n) is 22.3. The Balaban J connectivity index is 0.956. The molecule has 0 saturated carbocycles. The van der Waals surface area contributed by atoms with E-state index in [-0.39, 0.29) is 0 Å². The number of aliphatic hydroxyl groups excluding tert-OH is 20. The molecule has 0 amide bonds. The molecule has 30 saturated heterocycles. The highest BCUT2D eigenvalue weighted by atomic mass is 16.8. The maximum Gasteiger partial charge on any atom is 0.189 e. The first-order chi connectivity index (χ1) is 40.3. The summed E-state index contributed by atoms with van der Waals surface area (Å²) in [5.41, 5.74) is 0. The molecule has 30 fully saturated rings. The van der Waals surface area contributed by atoms with E-state index in [2.05, 4.69) is 0 Å². The Morgan fingerprint density at radius 1 is 0.224 bits per heavy atom. The standard InChI is InChI=1S/C48H80O37/c1-9-32-16(53)24(61)40(70-9)78-33-10(2)72-42(26(63)18(33)55)84-39-23(60)31(68)47(85-48(39)69-4)83-38-15(8-52)76-46(30(67)22(38)59)82-37-14(7-51)75-45(29(66)21(37)58)81-36-13(6-50)74-44(28(65)20(36)57)80-35-12(5-49)73-43(27(64)19(35)56)79-34-11(3)71-41(77-32)25(62)17(34)54/h9-68H,5-8H2,1-4H3. The Morgan fingerprint density at radius 3 is 0.624 bits per heavy atom. The predicted molar refractivity (Wildman–Crippen MR) is 257 cm³/mol. The maximum absolute atomic E-state index is 11.4. The van der Waals surface area contributed by atoms with E-state index in [1.54, 1.807) is 0 Å². The minimum atomic E-state index is -2.21. The Kier molecular flexibility index (Phi) is 22.5. The summed E-state index contributed by atoms with van der Waals surface area (Å²) in [5, 5.41) is 223. The topological polar surface area (TPSA) is 562 Å². The molecule has 20 N–H and O–H groups in total. The van der Waals surface area contributed by atoms with Crippen LogP contribution in [0, 0.1) is 0 Å². The number of rotatable bonds is 5. The van der Waals surface area contributed by atoms with Gasteiger partial charge in [-0.25, -0.2) is 0 Å². The summed E-state index contributed by atoms with van der Waals surface area (Å²) in [7, 11) is 1.07. The summed E-state index contributed by atoms with van der Waals surface area (Å²) in [6, 6.07) is 0. The molecule has 40 unspecified atom stereocenters. The zero-order chi connectivity index (χ0) is 61.9. The molecular weight excluding hydrogens is 1170 g/mol. The predicted octanol–water partition coefficient (Wildman–Crippen LogP) is -13.7. The molecular formula is C48H80O37. The van der Waals surface area contributed by atoms with Gasteiger partial charge in [0, 0.05) is 7.11 Å². The van der Waals surface area contributed by atoms with Crippen LogP contribution >= 0.6 is 0 Å². The Labute approximate surface area is 482 Å². The third-order valence-electron chi connectivity index (χ3n) is 16.7. The van der Waals surface area contributed by atoms with Crippen molar-refractivity contribution in [1.82, 2.24) is 0 Å². The minimum absolute atomic E-state index is 0.998. The van der Waals surface area contributed by atoms with Gasteiger partial charge in [-0.15, -0.1) is 0 Å². The lowest BCUT2D eigenvalue weighted by atomic mass is 9.95. The van der Waals surface area contributed by atoms with Gasteiger partial charge in [0.1, 0.15) is 171 Å². The second kappa shape index (κ2) is 28.2. The van der Waals surface area contributed by atoms with Crippen LogP contribution in [0.1, 0.15) is 20.8 Å². The van der Waals surface area contributed by atoms with Crippen LogP contribution in [0.5, 0.6) is 0 Å². The summed E-state index contributed by atoms with van der Waals surface area (Å²) < 4.78 is 97.8. The normalized spacial score (nSPS) is 56.9. The van der Waals surface area contributed by atoms with Crippen LogP contribution < -0.4 is 0 Å². The Morgan fingerprint density at radius 2 is 0.400 bits per heavy atom. The second-order valence-corrected chi connectivity index (χ2v) is 22.3. The van der Waals surface area contributed by atoms with Crippen molar-refractivity contribution in [3.8, 4) is 0 Å². The van der Waals surface area contributed by atoms with Gasteiger partial charge in [0.05, 0.1) is 44.7 Å². The van der Waals surface area contributed by atoms with Crippen LogP contribution in [0.4, 0.5) is 0 Å². The monoisotopic (exact) mass is 1250 g/mol. The summed E-state index contributed by atoms with van der Waals surface area (Å²) >= 11 is 0. The molecule has 30 heterocycles. The van der Waals surface area contributed by atoms with Crippen molar-refractivity contribution in [3.63, 3.8) is 0 Å². The number of aliphatic hydroxyl groups is 20. The highest BCUT2D eigenvalue weighted by molar-refractivity contribution is 5.01. The van der Waals surface area contributed by atoms with E-state index in [9.17, 15) is 102 Å². The van der Waals surface area contributed by atoms with Crippen LogP contribution in [0.2, 0.25) is 0 Å². The minimum Gasteiger partial charge on any atom is -0.394 e. The summed E-state index contributed by atoms with van der Waals surface area (Å²) in [6.45, 7) is -0.0639. The summed E-state index contributed by atoms with van der Waals surface area (Å²) in [6.07, 6.45) is -75.1. The lowest BCUT2D eigenvalue weighted by molar-refractivity contribution is -0.412. The fourth-order valence-electron chi connectivity index (χ4n) is 11.7. The quantitative estimate of drug-likeness (QED) is 0.122. The lowest BCUT2D eigenvalue weighted by Crippen LogP contribution is -2.68. The van der Waals surface area contributed by atoms with Crippen molar-refractivity contribution in [2.24, 2.45) is 0 Å². The van der Waals surface area contributed by atoms with Crippen molar-refractivity contribution >= 4 is 0 Å². The van der Waals surface area contributed by atoms with Gasteiger partial charge in [0.2, 0.25) is 0 Å². The molecule has 40 atom stereocenters. The Bertz CT molecular complexity index is 2080. The van der Waals surface area contributed by atoms with E-state index in [0.29, 0.717) is 0 Å². The molecule has 0 aliphatic carbocycles. The largest absolute Gasteiger partial charge is 0.394 e. The van der Waals surface area contributed by atoms with Crippen LogP contribution in [0.3, 0.4) is 0 Å². The summed E-state index contributed by atoms with van der Waals surface area (Å²) in [5.74, 6) is 0. The SMILES string of the molecule is COC1OC2OC3C(CO)OC(OC4C(CO)OC(OC5C(CO)OC(OC6C(CO)OC(OC7C(C)OC(OC8C(C)OC(OC9C(C)OC(OC1C(O)C2O)C(O)C9O)C(O)C8O)C(O)C7O)C(O)C6O)C(O)C5O)C(O)C4O)C(O)C3O.